The lowest BCUT2D eigenvalue weighted by Crippen LogP contribution is -2.37. The average molecular weight is 346 g/mol. The van der Waals surface area contributed by atoms with Crippen LogP contribution in [0.25, 0.3) is 11.3 Å². The number of carbonyl (C=O) groups excluding carboxylic acids is 1. The molecule has 2 rings (SSSR count). The highest BCUT2D eigenvalue weighted by Crippen LogP contribution is 2.29. The first kappa shape index (κ1) is 18.6. The Labute approximate surface area is 148 Å². The fraction of sp³-hybridized carbons (Fsp3) is 0.474. The van der Waals surface area contributed by atoms with Crippen LogP contribution in [0.2, 0.25) is 0 Å². The number of amides is 1. The van der Waals surface area contributed by atoms with E-state index in [0.717, 1.165) is 29.1 Å². The molecule has 130 valence electrons. The smallest absolute Gasteiger partial charge is 0.251 e. The van der Waals surface area contributed by atoms with Crippen molar-refractivity contribution < 1.29 is 9.90 Å². The van der Waals surface area contributed by atoms with Crippen LogP contribution in [-0.2, 0) is 0 Å². The number of aryl methyl sites for hydroxylation is 1. The van der Waals surface area contributed by atoms with Crippen molar-refractivity contribution in [3.8, 4) is 11.3 Å². The minimum atomic E-state index is -0.0759. The summed E-state index contributed by atoms with van der Waals surface area (Å²) < 4.78 is 0. The topological polar surface area (TPSA) is 62.2 Å². The molecule has 0 spiro atoms. The van der Waals surface area contributed by atoms with E-state index in [1.807, 2.05) is 36.6 Å². The molecule has 0 bridgehead atoms. The zero-order valence-corrected chi connectivity index (χ0v) is 15.4. The number of nitrogens with zero attached hydrogens (tertiary/aromatic N) is 1. The third kappa shape index (κ3) is 4.42. The maximum Gasteiger partial charge on any atom is 0.251 e. The van der Waals surface area contributed by atoms with Gasteiger partial charge in [-0.1, -0.05) is 26.0 Å². The molecule has 1 amide bonds. The molecule has 5 heteroatoms. The van der Waals surface area contributed by atoms with Crippen molar-refractivity contribution in [1.82, 2.24) is 10.3 Å². The number of benzene rings is 1. The minimum Gasteiger partial charge on any atom is -0.396 e. The van der Waals surface area contributed by atoms with Gasteiger partial charge in [0, 0.05) is 29.7 Å². The Balaban J connectivity index is 2.10. The lowest BCUT2D eigenvalue weighted by molar-refractivity contribution is 0.0907. The number of carbonyl (C=O) groups is 1. The zero-order chi connectivity index (χ0) is 17.6. The lowest BCUT2D eigenvalue weighted by Gasteiger charge is -2.31. The van der Waals surface area contributed by atoms with E-state index in [4.69, 9.17) is 0 Å². The second kappa shape index (κ2) is 8.40. The summed E-state index contributed by atoms with van der Waals surface area (Å²) in [4.78, 5) is 17.0. The van der Waals surface area contributed by atoms with E-state index in [0.29, 0.717) is 18.5 Å². The summed E-state index contributed by atoms with van der Waals surface area (Å²) in [5.74, 6) is -0.0759. The van der Waals surface area contributed by atoms with Crippen LogP contribution in [-0.4, -0.2) is 29.1 Å². The largest absolute Gasteiger partial charge is 0.396 e. The van der Waals surface area contributed by atoms with Crippen LogP contribution in [0.1, 0.15) is 48.5 Å². The lowest BCUT2D eigenvalue weighted by atomic mass is 9.79. The van der Waals surface area contributed by atoms with E-state index in [-0.39, 0.29) is 17.9 Å². The molecule has 4 nitrogen and oxygen atoms in total. The highest BCUT2D eigenvalue weighted by atomic mass is 32.1. The standard InChI is InChI=1S/C19H26N2O2S/c1-4-19(5-2,9-10-22)13-20-18(23)16-8-6-7-15(11-16)17-12-24-14(3)21-17/h6-8,11-12,22H,4-5,9-10,13H2,1-3H3,(H,20,23). The van der Waals surface area contributed by atoms with Gasteiger partial charge in [0.25, 0.3) is 5.91 Å². The van der Waals surface area contributed by atoms with E-state index >= 15 is 0 Å². The van der Waals surface area contributed by atoms with Gasteiger partial charge in [-0.25, -0.2) is 4.98 Å². The molecular weight excluding hydrogens is 320 g/mol. The second-order valence-electron chi connectivity index (χ2n) is 6.20. The quantitative estimate of drug-likeness (QED) is 0.758. The van der Waals surface area contributed by atoms with E-state index in [1.165, 1.54) is 0 Å². The van der Waals surface area contributed by atoms with Crippen LogP contribution in [0.4, 0.5) is 0 Å². The van der Waals surface area contributed by atoms with Gasteiger partial charge in [-0.15, -0.1) is 11.3 Å². The Bertz CT molecular complexity index is 678. The molecule has 0 aliphatic carbocycles. The maximum absolute atomic E-state index is 12.5. The number of aromatic nitrogens is 1. The van der Waals surface area contributed by atoms with E-state index in [9.17, 15) is 9.90 Å². The number of rotatable bonds is 8. The molecule has 1 heterocycles. The molecule has 0 unspecified atom stereocenters. The Morgan fingerprint density at radius 1 is 1.33 bits per heavy atom. The Morgan fingerprint density at radius 2 is 2.08 bits per heavy atom. The molecule has 0 saturated carbocycles. The molecule has 2 aromatic rings. The third-order valence-electron chi connectivity index (χ3n) is 4.81. The third-order valence-corrected chi connectivity index (χ3v) is 5.58. The van der Waals surface area contributed by atoms with Crippen LogP contribution in [0, 0.1) is 12.3 Å². The molecule has 0 saturated heterocycles. The van der Waals surface area contributed by atoms with Crippen molar-refractivity contribution >= 4 is 17.2 Å². The van der Waals surface area contributed by atoms with E-state index < -0.39 is 0 Å². The summed E-state index contributed by atoms with van der Waals surface area (Å²) in [6.45, 7) is 6.92. The second-order valence-corrected chi connectivity index (χ2v) is 7.26. The predicted octanol–water partition coefficient (Wildman–Crippen LogP) is 4.04. The van der Waals surface area contributed by atoms with Gasteiger partial charge in [0.05, 0.1) is 10.7 Å². The molecule has 0 fully saturated rings. The van der Waals surface area contributed by atoms with Crippen LogP contribution in [0.5, 0.6) is 0 Å². The molecular formula is C19H26N2O2S. The van der Waals surface area contributed by atoms with Gasteiger partial charge < -0.3 is 10.4 Å². The van der Waals surface area contributed by atoms with Gasteiger partial charge in [0.15, 0.2) is 0 Å². The first-order valence-electron chi connectivity index (χ1n) is 8.45. The summed E-state index contributed by atoms with van der Waals surface area (Å²) in [7, 11) is 0. The zero-order valence-electron chi connectivity index (χ0n) is 14.6. The summed E-state index contributed by atoms with van der Waals surface area (Å²) in [6, 6.07) is 7.57. The summed E-state index contributed by atoms with van der Waals surface area (Å²) in [6.07, 6.45) is 2.57. The summed E-state index contributed by atoms with van der Waals surface area (Å²) >= 11 is 1.60. The molecule has 24 heavy (non-hydrogen) atoms. The van der Waals surface area contributed by atoms with Crippen molar-refractivity contribution in [3.05, 3.63) is 40.2 Å². The average Bonchev–Trinajstić information content (AvgIpc) is 3.05. The fourth-order valence-corrected chi connectivity index (χ4v) is 3.49. The van der Waals surface area contributed by atoms with Gasteiger partial charge in [-0.05, 0) is 43.7 Å². The molecule has 2 N–H and O–H groups in total. The normalized spacial score (nSPS) is 11.5. The monoisotopic (exact) mass is 346 g/mol. The van der Waals surface area contributed by atoms with Gasteiger partial charge in [-0.2, -0.15) is 0 Å². The Kier molecular flexibility index (Phi) is 6.52. The minimum absolute atomic E-state index is 0.0337. The number of thiazole rings is 1. The van der Waals surface area contributed by atoms with Gasteiger partial charge in [-0.3, -0.25) is 4.79 Å². The van der Waals surface area contributed by atoms with Crippen LogP contribution in [0.3, 0.4) is 0 Å². The molecule has 0 aliphatic rings. The molecule has 0 aliphatic heterocycles. The number of aliphatic hydroxyl groups excluding tert-OH is 1. The fourth-order valence-electron chi connectivity index (χ4n) is 2.86. The van der Waals surface area contributed by atoms with Gasteiger partial charge >= 0.3 is 0 Å². The number of nitrogens with one attached hydrogen (secondary N) is 1. The number of aliphatic hydroxyl groups is 1. The Morgan fingerprint density at radius 3 is 2.67 bits per heavy atom. The SMILES string of the molecule is CCC(CC)(CCO)CNC(=O)c1cccc(-c2csc(C)n2)c1. The van der Waals surface area contributed by atoms with Crippen molar-refractivity contribution in [2.75, 3.05) is 13.2 Å². The van der Waals surface area contributed by atoms with Crippen LogP contribution < -0.4 is 5.32 Å². The molecule has 1 aromatic carbocycles. The highest BCUT2D eigenvalue weighted by molar-refractivity contribution is 7.09. The highest BCUT2D eigenvalue weighted by Gasteiger charge is 2.26. The van der Waals surface area contributed by atoms with Crippen LogP contribution >= 0.6 is 11.3 Å². The van der Waals surface area contributed by atoms with Crippen molar-refractivity contribution in [1.29, 1.82) is 0 Å². The molecule has 0 radical (unpaired) electrons. The number of hydrogen-bond donors (Lipinski definition) is 2. The van der Waals surface area contributed by atoms with Crippen molar-refractivity contribution in [3.63, 3.8) is 0 Å². The Hall–Kier alpha value is -1.72. The van der Waals surface area contributed by atoms with Gasteiger partial charge in [0.2, 0.25) is 0 Å². The maximum atomic E-state index is 12.5. The van der Waals surface area contributed by atoms with Crippen molar-refractivity contribution in [2.24, 2.45) is 5.41 Å². The first-order valence-corrected chi connectivity index (χ1v) is 9.33. The molecule has 0 atom stereocenters. The molecule has 1 aromatic heterocycles. The van der Waals surface area contributed by atoms with Gasteiger partial charge in [0.1, 0.15) is 0 Å². The summed E-state index contributed by atoms with van der Waals surface area (Å²) in [5.41, 5.74) is 2.47. The number of hydrogen-bond acceptors (Lipinski definition) is 4. The predicted molar refractivity (Wildman–Crippen MR) is 99.3 cm³/mol. The van der Waals surface area contributed by atoms with E-state index in [1.54, 1.807) is 11.3 Å². The van der Waals surface area contributed by atoms with Crippen LogP contribution in [0.15, 0.2) is 29.6 Å². The van der Waals surface area contributed by atoms with Crippen molar-refractivity contribution in [2.45, 2.75) is 40.0 Å². The first-order chi connectivity index (χ1) is 11.5. The summed E-state index contributed by atoms with van der Waals surface area (Å²) in [5, 5.41) is 15.4. The van der Waals surface area contributed by atoms with E-state index in [2.05, 4.69) is 24.1 Å².